The van der Waals surface area contributed by atoms with E-state index >= 15 is 0 Å². The first-order valence-electron chi connectivity index (χ1n) is 4.86. The molecule has 0 aliphatic carbocycles. The Hall–Kier alpha value is -1.82. The Morgan fingerprint density at radius 2 is 1.89 bits per heavy atom. The molecule has 2 aromatic rings. The molecule has 0 radical (unpaired) electrons. The number of methoxy groups -OCH3 is 1. The molecular weight excluding hydrogens is 265 g/mol. The third-order valence-electron chi connectivity index (χ3n) is 2.34. The predicted molar refractivity (Wildman–Crippen MR) is 60.6 cm³/mol. The summed E-state index contributed by atoms with van der Waals surface area (Å²) >= 11 is 1.04. The van der Waals surface area contributed by atoms with Crippen molar-refractivity contribution in [3.05, 3.63) is 51.5 Å². The quantitative estimate of drug-likeness (QED) is 0.632. The van der Waals surface area contributed by atoms with Gasteiger partial charge in [-0.25, -0.2) is 13.2 Å². The van der Waals surface area contributed by atoms with Crippen LogP contribution in [0.1, 0.15) is 15.2 Å². The van der Waals surface area contributed by atoms with E-state index in [0.29, 0.717) is 6.07 Å². The molecule has 0 spiro atoms. The van der Waals surface area contributed by atoms with Gasteiger partial charge in [0.25, 0.3) is 0 Å². The van der Waals surface area contributed by atoms with Gasteiger partial charge in [-0.1, -0.05) is 0 Å². The van der Waals surface area contributed by atoms with Gasteiger partial charge in [-0.2, -0.15) is 0 Å². The van der Waals surface area contributed by atoms with Crippen molar-refractivity contribution in [2.24, 2.45) is 0 Å². The second-order valence-electron chi connectivity index (χ2n) is 3.37. The number of ketones is 1. The number of thiophene rings is 1. The summed E-state index contributed by atoms with van der Waals surface area (Å²) in [5.74, 6) is -4.94. The summed E-state index contributed by atoms with van der Waals surface area (Å²) in [6.07, 6.45) is 0. The number of rotatable bonds is 3. The first-order valence-corrected chi connectivity index (χ1v) is 5.74. The van der Waals surface area contributed by atoms with Crippen molar-refractivity contribution in [2.45, 2.75) is 0 Å². The highest BCUT2D eigenvalue weighted by atomic mass is 32.1. The van der Waals surface area contributed by atoms with E-state index in [0.717, 1.165) is 17.4 Å². The predicted octanol–water partition coefficient (Wildman–Crippen LogP) is 3.41. The van der Waals surface area contributed by atoms with E-state index in [2.05, 4.69) is 0 Å². The zero-order valence-corrected chi connectivity index (χ0v) is 9.98. The molecule has 94 valence electrons. The summed E-state index contributed by atoms with van der Waals surface area (Å²) in [4.78, 5) is 12.1. The summed E-state index contributed by atoms with van der Waals surface area (Å²) < 4.78 is 44.2. The maximum absolute atomic E-state index is 13.5. The Morgan fingerprint density at radius 3 is 2.56 bits per heavy atom. The van der Waals surface area contributed by atoms with Crippen molar-refractivity contribution in [2.75, 3.05) is 7.11 Å². The van der Waals surface area contributed by atoms with Gasteiger partial charge in [0.2, 0.25) is 5.78 Å². The van der Waals surface area contributed by atoms with Crippen LogP contribution in [0.3, 0.4) is 0 Å². The van der Waals surface area contributed by atoms with E-state index < -0.39 is 28.8 Å². The first kappa shape index (κ1) is 12.6. The fraction of sp³-hybridized carbons (Fsp3) is 0.0833. The van der Waals surface area contributed by atoms with Gasteiger partial charge in [-0.3, -0.25) is 4.79 Å². The van der Waals surface area contributed by atoms with E-state index in [-0.39, 0.29) is 10.6 Å². The van der Waals surface area contributed by atoms with Gasteiger partial charge in [0.15, 0.2) is 17.5 Å². The van der Waals surface area contributed by atoms with Gasteiger partial charge in [-0.15, -0.1) is 11.3 Å². The molecule has 0 unspecified atom stereocenters. The summed E-state index contributed by atoms with van der Waals surface area (Å²) in [6.45, 7) is 0. The standard InChI is InChI=1S/C12H7F3O2S/c1-17-8-4-5-18-12(8)11(16)6-2-3-7(13)10(15)9(6)14/h2-5H,1H3. The number of carbonyl (C=O) groups excluding carboxylic acids is 1. The number of halogens is 3. The molecule has 6 heteroatoms. The summed E-state index contributed by atoms with van der Waals surface area (Å²) in [5.41, 5.74) is -0.519. The molecule has 0 aliphatic rings. The molecule has 1 aromatic heterocycles. The summed E-state index contributed by atoms with van der Waals surface area (Å²) in [5, 5.41) is 1.59. The monoisotopic (exact) mass is 272 g/mol. The number of ether oxygens (including phenoxy) is 1. The van der Waals surface area contributed by atoms with Crippen molar-refractivity contribution in [1.29, 1.82) is 0 Å². The Bertz CT molecular complexity index is 607. The van der Waals surface area contributed by atoms with Gasteiger partial charge in [-0.05, 0) is 23.6 Å². The maximum atomic E-state index is 13.5. The average Bonchev–Trinajstić information content (AvgIpc) is 2.83. The lowest BCUT2D eigenvalue weighted by Gasteiger charge is -2.04. The van der Waals surface area contributed by atoms with E-state index in [1.807, 2.05) is 0 Å². The Morgan fingerprint density at radius 1 is 1.17 bits per heavy atom. The zero-order chi connectivity index (χ0) is 13.3. The topological polar surface area (TPSA) is 26.3 Å². The fourth-order valence-electron chi connectivity index (χ4n) is 1.45. The highest BCUT2D eigenvalue weighted by molar-refractivity contribution is 7.12. The average molecular weight is 272 g/mol. The molecule has 18 heavy (non-hydrogen) atoms. The van der Waals surface area contributed by atoms with E-state index in [1.165, 1.54) is 13.2 Å². The minimum atomic E-state index is -1.66. The van der Waals surface area contributed by atoms with Crippen molar-refractivity contribution in [3.8, 4) is 5.75 Å². The van der Waals surface area contributed by atoms with Crippen LogP contribution in [0, 0.1) is 17.5 Å². The second kappa shape index (κ2) is 4.81. The summed E-state index contributed by atoms with van der Waals surface area (Å²) in [6, 6.07) is 3.16. The highest BCUT2D eigenvalue weighted by Crippen LogP contribution is 2.28. The van der Waals surface area contributed by atoms with Crippen LogP contribution in [-0.4, -0.2) is 12.9 Å². The number of carbonyl (C=O) groups is 1. The van der Waals surface area contributed by atoms with Crippen LogP contribution in [0.5, 0.6) is 5.75 Å². The Labute approximate surface area is 105 Å². The smallest absolute Gasteiger partial charge is 0.209 e. The van der Waals surface area contributed by atoms with Crippen molar-refractivity contribution < 1.29 is 22.7 Å². The largest absolute Gasteiger partial charge is 0.495 e. The van der Waals surface area contributed by atoms with Gasteiger partial charge < -0.3 is 4.74 Å². The molecule has 0 amide bonds. The molecule has 0 aliphatic heterocycles. The molecule has 0 N–H and O–H groups in total. The number of hydrogen-bond donors (Lipinski definition) is 0. The van der Waals surface area contributed by atoms with Crippen LogP contribution >= 0.6 is 11.3 Å². The van der Waals surface area contributed by atoms with Gasteiger partial charge >= 0.3 is 0 Å². The van der Waals surface area contributed by atoms with Crippen molar-refractivity contribution in [3.63, 3.8) is 0 Å². The van der Waals surface area contributed by atoms with Crippen LogP contribution in [0.4, 0.5) is 13.2 Å². The third kappa shape index (κ3) is 1.99. The van der Waals surface area contributed by atoms with Crippen LogP contribution in [0.25, 0.3) is 0 Å². The maximum Gasteiger partial charge on any atom is 0.209 e. The van der Waals surface area contributed by atoms with Gasteiger partial charge in [0.05, 0.1) is 12.7 Å². The third-order valence-corrected chi connectivity index (χ3v) is 3.23. The fourth-order valence-corrected chi connectivity index (χ4v) is 2.26. The lowest BCUT2D eigenvalue weighted by molar-refractivity contribution is 0.103. The van der Waals surface area contributed by atoms with Crippen molar-refractivity contribution >= 4 is 17.1 Å². The number of hydrogen-bond acceptors (Lipinski definition) is 3. The minimum Gasteiger partial charge on any atom is -0.495 e. The molecular formula is C12H7F3O2S. The molecule has 0 bridgehead atoms. The Balaban J connectivity index is 2.50. The summed E-state index contributed by atoms with van der Waals surface area (Å²) in [7, 11) is 1.36. The highest BCUT2D eigenvalue weighted by Gasteiger charge is 2.23. The number of benzene rings is 1. The van der Waals surface area contributed by atoms with Crippen LogP contribution in [0.15, 0.2) is 23.6 Å². The van der Waals surface area contributed by atoms with Crippen LogP contribution < -0.4 is 4.74 Å². The molecule has 1 aromatic carbocycles. The minimum absolute atomic E-state index is 0.141. The first-order chi connectivity index (χ1) is 8.56. The second-order valence-corrected chi connectivity index (χ2v) is 4.29. The lowest BCUT2D eigenvalue weighted by Crippen LogP contribution is -2.06. The normalized spacial score (nSPS) is 10.4. The molecule has 0 atom stereocenters. The zero-order valence-electron chi connectivity index (χ0n) is 9.17. The molecule has 0 saturated carbocycles. The SMILES string of the molecule is COc1ccsc1C(=O)c1ccc(F)c(F)c1F. The van der Waals surface area contributed by atoms with Gasteiger partial charge in [0, 0.05) is 0 Å². The van der Waals surface area contributed by atoms with Crippen molar-refractivity contribution in [1.82, 2.24) is 0 Å². The van der Waals surface area contributed by atoms with Gasteiger partial charge in [0.1, 0.15) is 10.6 Å². The van der Waals surface area contributed by atoms with E-state index in [9.17, 15) is 18.0 Å². The molecule has 0 fully saturated rings. The molecule has 1 heterocycles. The Kier molecular flexibility index (Phi) is 3.38. The molecule has 2 nitrogen and oxygen atoms in total. The van der Waals surface area contributed by atoms with E-state index in [1.54, 1.807) is 5.38 Å². The molecule has 0 saturated heterocycles. The van der Waals surface area contributed by atoms with E-state index in [4.69, 9.17) is 4.74 Å². The lowest BCUT2D eigenvalue weighted by atomic mass is 10.1. The molecule has 2 rings (SSSR count). The van der Waals surface area contributed by atoms with Crippen LogP contribution in [-0.2, 0) is 0 Å². The van der Waals surface area contributed by atoms with Crippen LogP contribution in [0.2, 0.25) is 0 Å².